The Morgan fingerprint density at radius 1 is 1.28 bits per heavy atom. The molecule has 0 aliphatic carbocycles. The fourth-order valence-electron chi connectivity index (χ4n) is 4.12. The molecule has 0 saturated carbocycles. The number of hydrogen-bond acceptors (Lipinski definition) is 7. The summed E-state index contributed by atoms with van der Waals surface area (Å²) in [5.41, 5.74) is -0.291. The number of nitriles is 1. The van der Waals surface area contributed by atoms with E-state index in [1.165, 1.54) is 17.1 Å². The lowest BCUT2D eigenvalue weighted by molar-refractivity contribution is -0.350. The third kappa shape index (κ3) is 3.48. The summed E-state index contributed by atoms with van der Waals surface area (Å²) in [5, 5.41) is 10.3. The Balaban J connectivity index is 2.05. The van der Waals surface area contributed by atoms with Crippen molar-refractivity contribution in [3.8, 4) is 6.07 Å². The van der Waals surface area contributed by atoms with Crippen molar-refractivity contribution >= 4 is 11.9 Å². The molecule has 2 aliphatic heterocycles. The van der Waals surface area contributed by atoms with Gasteiger partial charge in [0.2, 0.25) is 5.91 Å². The van der Waals surface area contributed by atoms with E-state index >= 15 is 0 Å². The SMILES string of the molecule is CCOC(=O)C1(Cc2ccc(F)cc2)CCC2(C)OOC1(C)N2NC(=O)CC#N. The zero-order valence-electron chi connectivity index (χ0n) is 16.7. The summed E-state index contributed by atoms with van der Waals surface area (Å²) in [4.78, 5) is 36.6. The van der Waals surface area contributed by atoms with E-state index in [-0.39, 0.29) is 25.3 Å². The summed E-state index contributed by atoms with van der Waals surface area (Å²) in [5.74, 6) is -1.42. The quantitative estimate of drug-likeness (QED) is 0.573. The number of esters is 1. The zero-order chi connectivity index (χ0) is 21.3. The number of benzene rings is 1. The van der Waals surface area contributed by atoms with Gasteiger partial charge in [0, 0.05) is 0 Å². The van der Waals surface area contributed by atoms with E-state index in [0.717, 1.165) is 0 Å². The van der Waals surface area contributed by atoms with Crippen LogP contribution < -0.4 is 5.43 Å². The van der Waals surface area contributed by atoms with Crippen LogP contribution >= 0.6 is 0 Å². The number of nitrogens with zero attached hydrogens (tertiary/aromatic N) is 2. The molecule has 29 heavy (non-hydrogen) atoms. The van der Waals surface area contributed by atoms with Crippen molar-refractivity contribution in [2.45, 2.75) is 57.9 Å². The van der Waals surface area contributed by atoms with Crippen LogP contribution in [0.5, 0.6) is 0 Å². The number of rotatable bonds is 6. The van der Waals surface area contributed by atoms with Gasteiger partial charge in [-0.15, -0.1) is 0 Å². The van der Waals surface area contributed by atoms with Gasteiger partial charge in [0.05, 0.1) is 12.7 Å². The van der Waals surface area contributed by atoms with Gasteiger partial charge in [-0.1, -0.05) is 12.1 Å². The van der Waals surface area contributed by atoms with Crippen LogP contribution in [0.25, 0.3) is 0 Å². The van der Waals surface area contributed by atoms with Gasteiger partial charge < -0.3 is 4.74 Å². The van der Waals surface area contributed by atoms with Crippen LogP contribution in [0.3, 0.4) is 0 Å². The minimum atomic E-state index is -1.41. The first-order valence-electron chi connectivity index (χ1n) is 9.46. The fraction of sp³-hybridized carbons (Fsp3) is 0.550. The third-order valence-corrected chi connectivity index (χ3v) is 5.75. The standard InChI is InChI=1S/C20H24FN3O5/c1-4-27-17(26)20(13-14-5-7-15(21)8-6-14)11-10-18(2)24(19(20,3)29-28-18)23-16(25)9-12-22/h5-8H,4,9-11,13H2,1-3H3,(H,23,25). The van der Waals surface area contributed by atoms with E-state index < -0.39 is 28.7 Å². The Hall–Kier alpha value is -2.54. The van der Waals surface area contributed by atoms with Gasteiger partial charge in [0.1, 0.15) is 17.7 Å². The lowest BCUT2D eigenvalue weighted by Crippen LogP contribution is -2.72. The van der Waals surface area contributed by atoms with Crippen LogP contribution in [0.4, 0.5) is 4.39 Å². The summed E-state index contributed by atoms with van der Waals surface area (Å²) < 4.78 is 18.8. The number of hydrazine groups is 1. The number of piperidine rings is 1. The molecule has 1 amide bonds. The second kappa shape index (κ2) is 7.71. The van der Waals surface area contributed by atoms with Gasteiger partial charge in [-0.05, 0) is 57.7 Å². The van der Waals surface area contributed by atoms with Crippen molar-refractivity contribution in [1.29, 1.82) is 5.26 Å². The van der Waals surface area contributed by atoms with Crippen LogP contribution in [-0.2, 0) is 30.5 Å². The highest BCUT2D eigenvalue weighted by Gasteiger charge is 2.71. The molecule has 0 radical (unpaired) electrons. The maximum absolute atomic E-state index is 13.4. The summed E-state index contributed by atoms with van der Waals surface area (Å²) in [6.07, 6.45) is 0.552. The molecule has 3 atom stereocenters. The average molecular weight is 405 g/mol. The van der Waals surface area contributed by atoms with E-state index in [9.17, 15) is 14.0 Å². The molecule has 2 aliphatic rings. The molecule has 3 rings (SSSR count). The first-order valence-corrected chi connectivity index (χ1v) is 9.46. The zero-order valence-corrected chi connectivity index (χ0v) is 16.7. The molecule has 2 fully saturated rings. The van der Waals surface area contributed by atoms with Gasteiger partial charge in [-0.25, -0.2) is 14.2 Å². The summed E-state index contributed by atoms with van der Waals surface area (Å²) in [7, 11) is 0. The van der Waals surface area contributed by atoms with Crippen molar-refractivity contribution in [2.24, 2.45) is 5.41 Å². The van der Waals surface area contributed by atoms with E-state index in [4.69, 9.17) is 19.8 Å². The summed E-state index contributed by atoms with van der Waals surface area (Å²) in [6.45, 7) is 5.25. The van der Waals surface area contributed by atoms with E-state index in [1.807, 2.05) is 0 Å². The molecule has 3 unspecified atom stereocenters. The highest BCUT2D eigenvalue weighted by molar-refractivity contribution is 5.80. The maximum atomic E-state index is 13.4. The number of halogens is 1. The molecule has 2 saturated heterocycles. The third-order valence-electron chi connectivity index (χ3n) is 5.75. The molecule has 8 nitrogen and oxygen atoms in total. The number of ether oxygens (including phenoxy) is 1. The van der Waals surface area contributed by atoms with Crippen molar-refractivity contribution in [3.63, 3.8) is 0 Å². The molecule has 1 aromatic rings. The Morgan fingerprint density at radius 2 is 1.97 bits per heavy atom. The maximum Gasteiger partial charge on any atom is 0.316 e. The Kier molecular flexibility index (Phi) is 5.63. The lowest BCUT2D eigenvalue weighted by Gasteiger charge is -2.52. The van der Waals surface area contributed by atoms with Gasteiger partial charge in [-0.2, -0.15) is 10.3 Å². The van der Waals surface area contributed by atoms with E-state index in [1.54, 1.807) is 39.0 Å². The number of hydrogen-bond donors (Lipinski definition) is 1. The Bertz CT molecular complexity index is 842. The predicted molar refractivity (Wildman–Crippen MR) is 97.6 cm³/mol. The summed E-state index contributed by atoms with van der Waals surface area (Å²) in [6, 6.07) is 7.63. The molecular formula is C20H24FN3O5. The molecule has 156 valence electrons. The van der Waals surface area contributed by atoms with Gasteiger partial charge in [0.15, 0.2) is 11.4 Å². The van der Waals surface area contributed by atoms with Crippen molar-refractivity contribution < 1.29 is 28.5 Å². The first kappa shape index (κ1) is 21.2. The number of nitrogens with one attached hydrogen (secondary N) is 1. The Labute approximate surface area is 168 Å². The molecule has 1 aromatic carbocycles. The monoisotopic (exact) mass is 405 g/mol. The molecule has 1 N–H and O–H groups in total. The fourth-order valence-corrected chi connectivity index (χ4v) is 4.12. The molecule has 9 heteroatoms. The lowest BCUT2D eigenvalue weighted by atomic mass is 9.66. The number of carbonyl (C=O) groups excluding carboxylic acids is 2. The second-order valence-electron chi connectivity index (χ2n) is 7.64. The average Bonchev–Trinajstić information content (AvgIpc) is 2.86. The van der Waals surface area contributed by atoms with Crippen LogP contribution in [0, 0.1) is 22.6 Å². The van der Waals surface area contributed by atoms with Crippen molar-refractivity contribution in [3.05, 3.63) is 35.6 Å². The predicted octanol–water partition coefficient (Wildman–Crippen LogP) is 2.35. The van der Waals surface area contributed by atoms with E-state index in [0.29, 0.717) is 18.4 Å². The highest BCUT2D eigenvalue weighted by atomic mass is 19.1. The van der Waals surface area contributed by atoms with Crippen LogP contribution in [0.1, 0.15) is 45.6 Å². The second-order valence-corrected chi connectivity index (χ2v) is 7.64. The van der Waals surface area contributed by atoms with Gasteiger partial charge in [0.25, 0.3) is 0 Å². The number of fused-ring (bicyclic) bond motifs is 2. The molecule has 2 bridgehead atoms. The minimum Gasteiger partial charge on any atom is -0.465 e. The van der Waals surface area contributed by atoms with Gasteiger partial charge >= 0.3 is 5.97 Å². The van der Waals surface area contributed by atoms with Crippen LogP contribution in [0.15, 0.2) is 24.3 Å². The Morgan fingerprint density at radius 3 is 2.59 bits per heavy atom. The smallest absolute Gasteiger partial charge is 0.316 e. The largest absolute Gasteiger partial charge is 0.465 e. The van der Waals surface area contributed by atoms with Crippen LogP contribution in [-0.4, -0.2) is 34.9 Å². The highest BCUT2D eigenvalue weighted by Crippen LogP contribution is 2.57. The van der Waals surface area contributed by atoms with Crippen molar-refractivity contribution in [2.75, 3.05) is 6.61 Å². The molecular weight excluding hydrogens is 381 g/mol. The molecule has 0 spiro atoms. The summed E-state index contributed by atoms with van der Waals surface area (Å²) >= 11 is 0. The van der Waals surface area contributed by atoms with Crippen LogP contribution in [0.2, 0.25) is 0 Å². The normalized spacial score (nSPS) is 31.1. The van der Waals surface area contributed by atoms with Crippen molar-refractivity contribution in [1.82, 2.24) is 10.4 Å². The van der Waals surface area contributed by atoms with Gasteiger partial charge in [-0.3, -0.25) is 15.0 Å². The first-order chi connectivity index (χ1) is 13.7. The minimum absolute atomic E-state index is 0.166. The number of carbonyl (C=O) groups is 2. The van der Waals surface area contributed by atoms with E-state index in [2.05, 4.69) is 5.43 Å². The molecule has 0 aromatic heterocycles. The topological polar surface area (TPSA) is 101 Å². The number of amides is 1. The molecule has 2 heterocycles.